The molecule has 0 spiro atoms. The van der Waals surface area contributed by atoms with E-state index in [1.807, 2.05) is 0 Å². The average Bonchev–Trinajstić information content (AvgIpc) is 3.01. The Morgan fingerprint density at radius 3 is 2.25 bits per heavy atom. The van der Waals surface area contributed by atoms with Crippen LogP contribution in [0.15, 0.2) is 54.6 Å². The van der Waals surface area contributed by atoms with Gasteiger partial charge in [0, 0.05) is 18.8 Å². The minimum Gasteiger partial charge on any atom is -0.371 e. The maximum Gasteiger partial charge on any atom is 0.0445 e. The first-order valence-electron chi connectivity index (χ1n) is 7.42. The lowest BCUT2D eigenvalue weighted by molar-refractivity contribution is 0.495. The fourth-order valence-electron chi connectivity index (χ4n) is 2.82. The molecular weight excluding hydrogens is 242 g/mol. The summed E-state index contributed by atoms with van der Waals surface area (Å²) in [5.74, 6) is 0. The Hall–Kier alpha value is -2.02. The van der Waals surface area contributed by atoms with Crippen molar-refractivity contribution < 1.29 is 0 Å². The molecule has 0 atom stereocenters. The molecule has 0 saturated carbocycles. The average molecular weight is 263 g/mol. The summed E-state index contributed by atoms with van der Waals surface area (Å²) >= 11 is 0. The zero-order valence-electron chi connectivity index (χ0n) is 12.0. The van der Waals surface area contributed by atoms with Gasteiger partial charge in [0.2, 0.25) is 0 Å². The number of benzene rings is 2. The summed E-state index contributed by atoms with van der Waals surface area (Å²) < 4.78 is 0. The molecule has 1 saturated heterocycles. The van der Waals surface area contributed by atoms with Gasteiger partial charge >= 0.3 is 0 Å². The second-order valence-corrected chi connectivity index (χ2v) is 5.45. The minimum atomic E-state index is 1.17. The van der Waals surface area contributed by atoms with E-state index in [1.165, 1.54) is 48.3 Å². The first kappa shape index (κ1) is 13.0. The summed E-state index contributed by atoms with van der Waals surface area (Å²) in [5, 5.41) is 0. The molecule has 1 heteroatoms. The predicted octanol–water partition coefficient (Wildman–Crippen LogP) is 4.59. The van der Waals surface area contributed by atoms with Crippen LogP contribution in [0.25, 0.3) is 11.8 Å². The number of nitrogens with zero attached hydrogens (tertiary/aromatic N) is 1. The number of rotatable bonds is 3. The zero-order chi connectivity index (χ0) is 13.8. The molecule has 2 aromatic rings. The van der Waals surface area contributed by atoms with Gasteiger partial charge in [0.25, 0.3) is 0 Å². The van der Waals surface area contributed by atoms with E-state index < -0.39 is 0 Å². The molecule has 1 heterocycles. The molecule has 2 aromatic carbocycles. The molecule has 1 nitrogen and oxygen atoms in total. The Morgan fingerprint density at radius 2 is 1.55 bits per heavy atom. The van der Waals surface area contributed by atoms with Crippen LogP contribution in [0.2, 0.25) is 0 Å². The maximum atomic E-state index is 2.52. The van der Waals surface area contributed by atoms with Crippen molar-refractivity contribution in [3.05, 3.63) is 71.3 Å². The molecule has 0 aliphatic carbocycles. The highest BCUT2D eigenvalue weighted by atomic mass is 15.1. The zero-order valence-corrected chi connectivity index (χ0v) is 12.0. The largest absolute Gasteiger partial charge is 0.371 e. The van der Waals surface area contributed by atoms with E-state index in [4.69, 9.17) is 0 Å². The summed E-state index contributed by atoms with van der Waals surface area (Å²) in [7, 11) is 0. The molecule has 1 fully saturated rings. The molecule has 0 unspecified atom stereocenters. The summed E-state index contributed by atoms with van der Waals surface area (Å²) in [5.41, 5.74) is 5.33. The highest BCUT2D eigenvalue weighted by Gasteiger charge is 2.16. The van der Waals surface area contributed by atoms with Crippen molar-refractivity contribution in [1.29, 1.82) is 0 Å². The molecule has 1 aliphatic heterocycles. The van der Waals surface area contributed by atoms with Crippen molar-refractivity contribution in [2.24, 2.45) is 0 Å². The lowest BCUT2D eigenvalue weighted by Crippen LogP contribution is -2.17. The summed E-state index contributed by atoms with van der Waals surface area (Å²) in [6.07, 6.45) is 4.95. The van der Waals surface area contributed by atoms with E-state index in [-0.39, 0.29) is 0 Å². The SMILES string of the molecule is Cc1ccccc1/C=C(/c1ccccc1)N1CCCC1. The van der Waals surface area contributed by atoms with Crippen molar-refractivity contribution in [1.82, 2.24) is 4.90 Å². The predicted molar refractivity (Wildman–Crippen MR) is 86.3 cm³/mol. The van der Waals surface area contributed by atoms with Crippen LogP contribution in [0.3, 0.4) is 0 Å². The monoisotopic (exact) mass is 263 g/mol. The molecule has 1 aliphatic rings. The van der Waals surface area contributed by atoms with Crippen LogP contribution < -0.4 is 0 Å². The number of likely N-dealkylation sites (tertiary alicyclic amines) is 1. The smallest absolute Gasteiger partial charge is 0.0445 e. The van der Waals surface area contributed by atoms with E-state index in [9.17, 15) is 0 Å². The van der Waals surface area contributed by atoms with Gasteiger partial charge in [-0.1, -0.05) is 54.6 Å². The maximum absolute atomic E-state index is 2.52. The van der Waals surface area contributed by atoms with Gasteiger partial charge in [-0.05, 0) is 42.5 Å². The van der Waals surface area contributed by atoms with Crippen LogP contribution in [-0.2, 0) is 0 Å². The third kappa shape index (κ3) is 2.77. The van der Waals surface area contributed by atoms with Gasteiger partial charge < -0.3 is 4.90 Å². The third-order valence-electron chi connectivity index (χ3n) is 4.00. The highest BCUT2D eigenvalue weighted by Crippen LogP contribution is 2.27. The molecule has 0 radical (unpaired) electrons. The Balaban J connectivity index is 2.03. The number of hydrogen-bond donors (Lipinski definition) is 0. The van der Waals surface area contributed by atoms with E-state index in [0.29, 0.717) is 0 Å². The second kappa shape index (κ2) is 5.96. The van der Waals surface area contributed by atoms with Crippen LogP contribution in [0.4, 0.5) is 0 Å². The van der Waals surface area contributed by atoms with Crippen molar-refractivity contribution in [3.63, 3.8) is 0 Å². The first-order chi connectivity index (χ1) is 9.84. The van der Waals surface area contributed by atoms with Crippen LogP contribution in [0, 0.1) is 6.92 Å². The minimum absolute atomic E-state index is 1.17. The summed E-state index contributed by atoms with van der Waals surface area (Å²) in [6.45, 7) is 4.53. The second-order valence-electron chi connectivity index (χ2n) is 5.45. The lowest BCUT2D eigenvalue weighted by Gasteiger charge is -2.22. The first-order valence-corrected chi connectivity index (χ1v) is 7.42. The van der Waals surface area contributed by atoms with E-state index >= 15 is 0 Å². The highest BCUT2D eigenvalue weighted by molar-refractivity contribution is 5.81. The van der Waals surface area contributed by atoms with Crippen LogP contribution in [0.1, 0.15) is 29.5 Å². The number of aryl methyl sites for hydroxylation is 1. The van der Waals surface area contributed by atoms with Crippen molar-refractivity contribution in [2.75, 3.05) is 13.1 Å². The summed E-state index contributed by atoms with van der Waals surface area (Å²) in [4.78, 5) is 2.52. The Morgan fingerprint density at radius 1 is 0.900 bits per heavy atom. The van der Waals surface area contributed by atoms with Gasteiger partial charge in [0.1, 0.15) is 0 Å². The molecule has 3 rings (SSSR count). The van der Waals surface area contributed by atoms with Crippen LogP contribution in [0.5, 0.6) is 0 Å². The van der Waals surface area contributed by atoms with Crippen molar-refractivity contribution >= 4 is 11.8 Å². The van der Waals surface area contributed by atoms with Gasteiger partial charge in [-0.15, -0.1) is 0 Å². The fraction of sp³-hybridized carbons (Fsp3) is 0.263. The lowest BCUT2D eigenvalue weighted by atomic mass is 10.0. The van der Waals surface area contributed by atoms with Crippen LogP contribution >= 0.6 is 0 Å². The topological polar surface area (TPSA) is 3.24 Å². The van der Waals surface area contributed by atoms with Crippen molar-refractivity contribution in [3.8, 4) is 0 Å². The molecule has 0 N–H and O–H groups in total. The van der Waals surface area contributed by atoms with Crippen LogP contribution in [-0.4, -0.2) is 18.0 Å². The molecule has 102 valence electrons. The normalized spacial score (nSPS) is 15.7. The Kier molecular flexibility index (Phi) is 3.87. The van der Waals surface area contributed by atoms with Gasteiger partial charge in [0.05, 0.1) is 0 Å². The van der Waals surface area contributed by atoms with Gasteiger partial charge in [-0.3, -0.25) is 0 Å². The van der Waals surface area contributed by atoms with Gasteiger partial charge in [-0.2, -0.15) is 0 Å². The van der Waals surface area contributed by atoms with Crippen molar-refractivity contribution in [2.45, 2.75) is 19.8 Å². The molecule has 0 aromatic heterocycles. The standard InChI is InChI=1S/C19H21N/c1-16-9-5-6-12-18(16)15-19(20-13-7-8-14-20)17-10-3-2-4-11-17/h2-6,9-12,15H,7-8,13-14H2,1H3/b19-15-. The fourth-order valence-corrected chi connectivity index (χ4v) is 2.82. The molecular formula is C19H21N. The van der Waals surface area contributed by atoms with E-state index in [0.717, 1.165) is 0 Å². The number of hydrogen-bond acceptors (Lipinski definition) is 1. The molecule has 0 bridgehead atoms. The third-order valence-corrected chi connectivity index (χ3v) is 4.00. The van der Waals surface area contributed by atoms with E-state index in [2.05, 4.69) is 72.5 Å². The molecule has 0 amide bonds. The van der Waals surface area contributed by atoms with E-state index in [1.54, 1.807) is 0 Å². The Bertz CT molecular complexity index is 592. The summed E-state index contributed by atoms with van der Waals surface area (Å²) in [6, 6.07) is 19.3. The molecule has 20 heavy (non-hydrogen) atoms. The Labute approximate surface area is 121 Å². The van der Waals surface area contributed by atoms with Gasteiger partial charge in [0.15, 0.2) is 0 Å². The quantitative estimate of drug-likeness (QED) is 0.732. The van der Waals surface area contributed by atoms with Gasteiger partial charge in [-0.25, -0.2) is 0 Å².